The lowest BCUT2D eigenvalue weighted by Gasteiger charge is -2.00. The molecule has 0 bridgehead atoms. The first-order chi connectivity index (χ1) is 4.50. The van der Waals surface area contributed by atoms with Gasteiger partial charge in [0.25, 0.3) is 0 Å². The van der Waals surface area contributed by atoms with Crippen LogP contribution in [0.15, 0.2) is 0 Å². The minimum Gasteiger partial charge on any atom is -0.247 e. The Morgan fingerprint density at radius 3 is 2.40 bits per heavy atom. The van der Waals surface area contributed by atoms with Gasteiger partial charge in [-0.3, -0.25) is 0 Å². The van der Waals surface area contributed by atoms with Crippen molar-refractivity contribution in [3.63, 3.8) is 0 Å². The molecule has 10 heavy (non-hydrogen) atoms. The molecule has 0 radical (unpaired) electrons. The molecule has 9 heteroatoms. The molecule has 0 aliphatic rings. The van der Waals surface area contributed by atoms with Crippen LogP contribution in [0.5, 0.6) is 0 Å². The first-order valence-electron chi connectivity index (χ1n) is 1.76. The van der Waals surface area contributed by atoms with Crippen LogP contribution in [0, 0.1) is 0 Å². The molecule has 0 amide bonds. The maximum atomic E-state index is 10.8. The molecule has 0 aromatic rings. The van der Waals surface area contributed by atoms with Gasteiger partial charge >= 0.3 is 0 Å². The van der Waals surface area contributed by atoms with Gasteiger partial charge < -0.3 is 0 Å². The first kappa shape index (κ1) is 12.3. The van der Waals surface area contributed by atoms with Crippen molar-refractivity contribution in [2.75, 3.05) is 6.26 Å². The SMILES string of the molecule is CS(=O)S(=S)(=S)SSSS. The van der Waals surface area contributed by atoms with Gasteiger partial charge in [-0.1, -0.05) is 11.7 Å². The van der Waals surface area contributed by atoms with Crippen molar-refractivity contribution < 1.29 is 4.21 Å². The number of rotatable bonds is 4. The van der Waals surface area contributed by atoms with Crippen molar-refractivity contribution in [2.45, 2.75) is 0 Å². The molecule has 0 aliphatic heterocycles. The molecular weight excluding hydrogens is 285 g/mol. The second-order valence-corrected chi connectivity index (χ2v) is 19.3. The van der Waals surface area contributed by atoms with Crippen LogP contribution in [0.3, 0.4) is 0 Å². The van der Waals surface area contributed by atoms with Crippen LogP contribution in [0.1, 0.15) is 0 Å². The summed E-state index contributed by atoms with van der Waals surface area (Å²) >= 11 is 13.7. The molecular formula is CH4OS8. The Hall–Kier alpha value is 2.34. The van der Waals surface area contributed by atoms with Crippen LogP contribution in [-0.4, -0.2) is 10.5 Å². The summed E-state index contributed by atoms with van der Waals surface area (Å²) in [7, 11) is 2.88. The lowest BCUT2D eigenvalue weighted by Crippen LogP contribution is -1.94. The number of hydrogen-bond acceptors (Lipinski definition) is 7. The maximum absolute atomic E-state index is 10.8. The largest absolute Gasteiger partial charge is 0.247 e. The van der Waals surface area contributed by atoms with Crippen molar-refractivity contribution >= 4 is 78.6 Å². The third kappa shape index (κ3) is 5.07. The Kier molecular flexibility index (Phi) is 7.28. The van der Waals surface area contributed by atoms with E-state index >= 15 is 0 Å². The minimum absolute atomic E-state index is 1.07. The van der Waals surface area contributed by atoms with Crippen LogP contribution >= 0.6 is 41.1 Å². The fraction of sp³-hybridized carbons (Fsp3) is 1.00. The summed E-state index contributed by atoms with van der Waals surface area (Å²) in [5.41, 5.74) is 0. The fourth-order valence-corrected chi connectivity index (χ4v) is 14.5. The third-order valence-electron chi connectivity index (χ3n) is 0.429. The molecule has 1 atom stereocenters. The van der Waals surface area contributed by atoms with Gasteiger partial charge in [0.05, 0.1) is 9.83 Å². The van der Waals surface area contributed by atoms with Crippen molar-refractivity contribution in [1.29, 1.82) is 0 Å². The maximum Gasteiger partial charge on any atom is 0.0948 e. The van der Waals surface area contributed by atoms with Crippen LogP contribution < -0.4 is 0 Å². The molecule has 0 N–H and O–H groups in total. The van der Waals surface area contributed by atoms with E-state index in [4.69, 9.17) is 22.4 Å². The predicted octanol–water partition coefficient (Wildman–Crippen LogP) is 2.15. The quantitative estimate of drug-likeness (QED) is 0.626. The lowest BCUT2D eigenvalue weighted by atomic mass is 12.0. The Balaban J connectivity index is 4.03. The molecule has 0 saturated heterocycles. The summed E-state index contributed by atoms with van der Waals surface area (Å²) in [5, 5.41) is -1.81. The second kappa shape index (κ2) is 5.90. The van der Waals surface area contributed by atoms with Gasteiger partial charge in [0.2, 0.25) is 0 Å². The molecule has 0 rings (SSSR count). The summed E-state index contributed by atoms with van der Waals surface area (Å²) in [6.45, 7) is 0. The lowest BCUT2D eigenvalue weighted by molar-refractivity contribution is 0.695. The summed E-state index contributed by atoms with van der Waals surface area (Å²) in [5.74, 6) is 0. The molecule has 0 heterocycles. The average Bonchev–Trinajstić information content (AvgIpc) is 1.84. The highest BCUT2D eigenvalue weighted by Gasteiger charge is 2.07. The van der Waals surface area contributed by atoms with Gasteiger partial charge in [-0.2, -0.15) is 0 Å². The molecule has 0 aromatic carbocycles. The molecule has 0 aromatic heterocycles. The van der Waals surface area contributed by atoms with E-state index in [1.807, 2.05) is 0 Å². The van der Waals surface area contributed by atoms with E-state index in [1.165, 1.54) is 29.5 Å². The zero-order valence-electron chi connectivity index (χ0n) is 4.71. The van der Waals surface area contributed by atoms with Gasteiger partial charge in [0.15, 0.2) is 0 Å². The Morgan fingerprint density at radius 1 is 1.60 bits per heavy atom. The zero-order chi connectivity index (χ0) is 8.20. The van der Waals surface area contributed by atoms with Crippen molar-refractivity contribution in [1.82, 2.24) is 0 Å². The molecule has 0 saturated carbocycles. The monoisotopic (exact) mass is 288 g/mol. The molecule has 0 aliphatic carbocycles. The molecule has 0 spiro atoms. The highest BCUT2D eigenvalue weighted by atomic mass is 34.0. The highest BCUT2D eigenvalue weighted by molar-refractivity contribution is 9.45. The molecule has 62 valence electrons. The summed E-state index contributed by atoms with van der Waals surface area (Å²) in [6.07, 6.45) is 1.55. The zero-order valence-corrected chi connectivity index (χ0v) is 11.3. The Morgan fingerprint density at radius 2 is 2.10 bits per heavy atom. The summed E-state index contributed by atoms with van der Waals surface area (Å²) in [6, 6.07) is 0. The third-order valence-corrected chi connectivity index (χ3v) is 19.2. The van der Waals surface area contributed by atoms with E-state index in [0.717, 1.165) is 0 Å². The van der Waals surface area contributed by atoms with Crippen LogP contribution in [0.2, 0.25) is 0 Å². The smallest absolute Gasteiger partial charge is 0.0948 e. The van der Waals surface area contributed by atoms with E-state index in [9.17, 15) is 4.21 Å². The summed E-state index contributed by atoms with van der Waals surface area (Å²) < 4.78 is 10.8. The summed E-state index contributed by atoms with van der Waals surface area (Å²) in [4.78, 5) is 0. The standard InChI is InChI=1S/CH4OS8/c1-9(2)10(4,5)8-7-6-3/h3H,1H3. The second-order valence-electron chi connectivity index (χ2n) is 1.02. The van der Waals surface area contributed by atoms with Crippen molar-refractivity contribution in [2.24, 2.45) is 0 Å². The van der Waals surface area contributed by atoms with Gasteiger partial charge in [-0.25, -0.2) is 4.21 Å². The van der Waals surface area contributed by atoms with Gasteiger partial charge in [0, 0.05) is 21.3 Å². The number of thiol groups is 1. The Bertz CT molecular complexity index is 199. The van der Waals surface area contributed by atoms with E-state index in [2.05, 4.69) is 11.7 Å². The predicted molar refractivity (Wildman–Crippen MR) is 67.9 cm³/mol. The highest BCUT2D eigenvalue weighted by Crippen LogP contribution is 2.42. The molecule has 1 unspecified atom stereocenters. The molecule has 1 nitrogen and oxygen atoms in total. The Labute approximate surface area is 87.9 Å². The topological polar surface area (TPSA) is 17.1 Å². The molecule has 0 fully saturated rings. The van der Waals surface area contributed by atoms with Gasteiger partial charge in [0.1, 0.15) is 0 Å². The van der Waals surface area contributed by atoms with E-state index < -0.39 is 15.0 Å². The fourth-order valence-electron chi connectivity index (χ4n) is 0.0856. The average molecular weight is 289 g/mol. The van der Waals surface area contributed by atoms with Crippen LogP contribution in [0.25, 0.3) is 0 Å². The van der Waals surface area contributed by atoms with Crippen LogP contribution in [0.4, 0.5) is 0 Å². The van der Waals surface area contributed by atoms with Crippen LogP contribution in [-0.2, 0) is 37.4 Å². The van der Waals surface area contributed by atoms with E-state index in [-0.39, 0.29) is 0 Å². The minimum atomic E-state index is -1.81. The van der Waals surface area contributed by atoms with Gasteiger partial charge in [-0.15, -0.1) is 0 Å². The van der Waals surface area contributed by atoms with Gasteiger partial charge in [-0.05, 0) is 42.0 Å². The number of hydrogen-bond donors (Lipinski definition) is 1. The van der Waals surface area contributed by atoms with Crippen molar-refractivity contribution in [3.8, 4) is 0 Å². The van der Waals surface area contributed by atoms with Crippen molar-refractivity contribution in [3.05, 3.63) is 0 Å². The normalized spacial score (nSPS) is 15.0. The van der Waals surface area contributed by atoms with E-state index in [0.29, 0.717) is 0 Å². The van der Waals surface area contributed by atoms with E-state index in [1.54, 1.807) is 6.26 Å². The first-order valence-corrected chi connectivity index (χ1v) is 12.4.